The van der Waals surface area contributed by atoms with Crippen LogP contribution in [0.4, 0.5) is 0 Å². The molecule has 0 aliphatic heterocycles. The number of methoxy groups -OCH3 is 1. The highest BCUT2D eigenvalue weighted by Gasteiger charge is 2.04. The van der Waals surface area contributed by atoms with E-state index in [0.29, 0.717) is 29.5 Å². The Hall–Kier alpha value is -1.26. The lowest BCUT2D eigenvalue weighted by atomic mass is 10.2. The number of ether oxygens (including phenoxy) is 2. The highest BCUT2D eigenvalue weighted by Crippen LogP contribution is 2.25. The van der Waals surface area contributed by atoms with Crippen molar-refractivity contribution in [3.8, 4) is 5.75 Å². The van der Waals surface area contributed by atoms with Crippen LogP contribution in [0.5, 0.6) is 5.75 Å². The van der Waals surface area contributed by atoms with E-state index in [-0.39, 0.29) is 5.84 Å². The van der Waals surface area contributed by atoms with Gasteiger partial charge in [-0.1, -0.05) is 11.6 Å². The lowest BCUT2D eigenvalue weighted by molar-refractivity contribution is 0.172. The van der Waals surface area contributed by atoms with Crippen molar-refractivity contribution in [3.05, 3.63) is 28.8 Å². The molecule has 88 valence electrons. The quantitative estimate of drug-likeness (QED) is 0.456. The zero-order valence-corrected chi connectivity index (χ0v) is 9.88. The lowest BCUT2D eigenvalue weighted by Crippen LogP contribution is -2.11. The van der Waals surface area contributed by atoms with Gasteiger partial charge in [0.25, 0.3) is 0 Å². The van der Waals surface area contributed by atoms with E-state index in [1.165, 1.54) is 0 Å². The Morgan fingerprint density at radius 3 is 2.75 bits per heavy atom. The molecule has 0 aromatic heterocycles. The van der Waals surface area contributed by atoms with Gasteiger partial charge in [-0.15, -0.1) is 0 Å². The molecule has 4 nitrogen and oxygen atoms in total. The second-order valence-electron chi connectivity index (χ2n) is 3.25. The van der Waals surface area contributed by atoms with E-state index < -0.39 is 0 Å². The lowest BCUT2D eigenvalue weighted by Gasteiger charge is -2.08. The number of benzene rings is 1. The van der Waals surface area contributed by atoms with Crippen LogP contribution < -0.4 is 10.5 Å². The van der Waals surface area contributed by atoms with E-state index in [2.05, 4.69) is 0 Å². The van der Waals surface area contributed by atoms with Gasteiger partial charge in [0.15, 0.2) is 0 Å². The first-order valence-corrected chi connectivity index (χ1v) is 5.28. The highest BCUT2D eigenvalue weighted by atomic mass is 35.5. The summed E-state index contributed by atoms with van der Waals surface area (Å²) in [6.45, 7) is 1.20. The molecule has 0 atom stereocenters. The minimum absolute atomic E-state index is 0.00664. The van der Waals surface area contributed by atoms with Gasteiger partial charge in [0.2, 0.25) is 0 Å². The number of nitrogens with two attached hydrogens (primary N) is 1. The van der Waals surface area contributed by atoms with Crippen molar-refractivity contribution in [1.29, 1.82) is 5.41 Å². The molecule has 0 amide bonds. The molecule has 0 saturated carbocycles. The second kappa shape index (κ2) is 6.35. The number of hydrogen-bond donors (Lipinski definition) is 2. The van der Waals surface area contributed by atoms with Crippen LogP contribution in [0.3, 0.4) is 0 Å². The summed E-state index contributed by atoms with van der Waals surface area (Å²) in [5.41, 5.74) is 5.93. The summed E-state index contributed by atoms with van der Waals surface area (Å²) in [4.78, 5) is 0. The van der Waals surface area contributed by atoms with E-state index in [1.54, 1.807) is 25.3 Å². The third-order valence-corrected chi connectivity index (χ3v) is 2.29. The highest BCUT2D eigenvalue weighted by molar-refractivity contribution is 6.32. The fourth-order valence-electron chi connectivity index (χ4n) is 1.17. The van der Waals surface area contributed by atoms with Gasteiger partial charge in [-0.25, -0.2) is 0 Å². The van der Waals surface area contributed by atoms with Gasteiger partial charge < -0.3 is 15.2 Å². The fraction of sp³-hybridized carbons (Fsp3) is 0.364. The van der Waals surface area contributed by atoms with E-state index in [9.17, 15) is 0 Å². The molecule has 1 rings (SSSR count). The average Bonchev–Trinajstić information content (AvgIpc) is 2.26. The molecule has 0 radical (unpaired) electrons. The van der Waals surface area contributed by atoms with E-state index >= 15 is 0 Å². The maximum absolute atomic E-state index is 7.26. The Kier molecular flexibility index (Phi) is 5.08. The molecule has 3 N–H and O–H groups in total. The Morgan fingerprint density at radius 2 is 2.19 bits per heavy atom. The van der Waals surface area contributed by atoms with Crippen LogP contribution in [0.25, 0.3) is 0 Å². The topological polar surface area (TPSA) is 68.3 Å². The number of nitrogen functional groups attached to an aromatic ring is 1. The molecule has 0 saturated heterocycles. The largest absolute Gasteiger partial charge is 0.492 e. The molecule has 0 unspecified atom stereocenters. The van der Waals surface area contributed by atoms with Gasteiger partial charge in [-0.2, -0.15) is 0 Å². The molecule has 16 heavy (non-hydrogen) atoms. The third-order valence-electron chi connectivity index (χ3n) is 1.99. The smallest absolute Gasteiger partial charge is 0.137 e. The van der Waals surface area contributed by atoms with Gasteiger partial charge in [0.1, 0.15) is 11.6 Å². The first-order chi connectivity index (χ1) is 7.65. The molecule has 0 bridgehead atoms. The first kappa shape index (κ1) is 12.8. The summed E-state index contributed by atoms with van der Waals surface area (Å²) >= 11 is 5.98. The predicted octanol–water partition coefficient (Wildman–Crippen LogP) is 2.04. The van der Waals surface area contributed by atoms with Crippen LogP contribution in [-0.2, 0) is 4.74 Å². The minimum Gasteiger partial charge on any atom is -0.492 e. The SMILES string of the molecule is COCCCOc1ccc(C(=N)N)cc1Cl. The molecule has 1 aromatic carbocycles. The first-order valence-electron chi connectivity index (χ1n) is 4.91. The molecule has 0 aliphatic carbocycles. The Balaban J connectivity index is 2.57. The van der Waals surface area contributed by atoms with Crippen molar-refractivity contribution in [2.24, 2.45) is 5.73 Å². The van der Waals surface area contributed by atoms with Crippen LogP contribution in [0.2, 0.25) is 5.02 Å². The summed E-state index contributed by atoms with van der Waals surface area (Å²) < 4.78 is 10.4. The van der Waals surface area contributed by atoms with Gasteiger partial charge in [-0.3, -0.25) is 5.41 Å². The van der Waals surface area contributed by atoms with E-state index in [0.717, 1.165) is 6.42 Å². The van der Waals surface area contributed by atoms with Crippen LogP contribution in [-0.4, -0.2) is 26.2 Å². The summed E-state index contributed by atoms with van der Waals surface area (Å²) in [6, 6.07) is 5.04. The number of hydrogen-bond acceptors (Lipinski definition) is 3. The normalized spacial score (nSPS) is 10.1. The fourth-order valence-corrected chi connectivity index (χ4v) is 1.41. The van der Waals surface area contributed by atoms with Crippen LogP contribution in [0.1, 0.15) is 12.0 Å². The zero-order valence-electron chi connectivity index (χ0n) is 9.13. The van der Waals surface area contributed by atoms with Crippen LogP contribution in [0.15, 0.2) is 18.2 Å². The van der Waals surface area contributed by atoms with Gasteiger partial charge in [0.05, 0.1) is 11.6 Å². The third kappa shape index (κ3) is 3.72. The van der Waals surface area contributed by atoms with Crippen LogP contribution in [0, 0.1) is 5.41 Å². The predicted molar refractivity (Wildman–Crippen MR) is 64.5 cm³/mol. The van der Waals surface area contributed by atoms with Gasteiger partial charge in [-0.05, 0) is 18.2 Å². The second-order valence-corrected chi connectivity index (χ2v) is 3.66. The minimum atomic E-state index is -0.00664. The Morgan fingerprint density at radius 1 is 1.44 bits per heavy atom. The van der Waals surface area contributed by atoms with Crippen molar-refractivity contribution in [1.82, 2.24) is 0 Å². The molecule has 5 heteroatoms. The number of amidine groups is 1. The standard InChI is InChI=1S/C11H15ClN2O2/c1-15-5-2-6-16-10-4-3-8(11(13)14)7-9(10)12/h3-4,7H,2,5-6H2,1H3,(H3,13,14). The average molecular weight is 243 g/mol. The van der Waals surface area contributed by atoms with Crippen LogP contribution >= 0.6 is 11.6 Å². The monoisotopic (exact) mass is 242 g/mol. The van der Waals surface area contributed by atoms with E-state index in [4.69, 9.17) is 32.2 Å². The van der Waals surface area contributed by atoms with Crippen molar-refractivity contribution in [2.75, 3.05) is 20.3 Å². The number of rotatable bonds is 6. The van der Waals surface area contributed by atoms with Gasteiger partial charge >= 0.3 is 0 Å². The Bertz CT molecular complexity index is 369. The van der Waals surface area contributed by atoms with Crippen molar-refractivity contribution >= 4 is 17.4 Å². The summed E-state index contributed by atoms with van der Waals surface area (Å²) in [5.74, 6) is 0.593. The van der Waals surface area contributed by atoms with Gasteiger partial charge in [0, 0.05) is 25.7 Å². The zero-order chi connectivity index (χ0) is 12.0. The maximum Gasteiger partial charge on any atom is 0.137 e. The number of halogens is 1. The molecular formula is C11H15ClN2O2. The molecular weight excluding hydrogens is 228 g/mol. The van der Waals surface area contributed by atoms with Crippen molar-refractivity contribution in [3.63, 3.8) is 0 Å². The summed E-state index contributed by atoms with van der Waals surface area (Å²) in [5, 5.41) is 7.72. The summed E-state index contributed by atoms with van der Waals surface area (Å²) in [6.07, 6.45) is 0.807. The number of nitrogens with one attached hydrogen (secondary N) is 1. The Labute approximate surface area is 99.8 Å². The van der Waals surface area contributed by atoms with E-state index in [1.807, 2.05) is 0 Å². The molecule has 0 fully saturated rings. The molecule has 0 aliphatic rings. The molecule has 0 heterocycles. The molecule has 1 aromatic rings. The van der Waals surface area contributed by atoms with Crippen molar-refractivity contribution in [2.45, 2.75) is 6.42 Å². The van der Waals surface area contributed by atoms with Crippen molar-refractivity contribution < 1.29 is 9.47 Å². The molecule has 0 spiro atoms. The maximum atomic E-state index is 7.26. The summed E-state index contributed by atoms with van der Waals surface area (Å²) in [7, 11) is 1.65.